The van der Waals surface area contributed by atoms with Crippen LogP contribution in [0.4, 0.5) is 5.69 Å². The molecule has 2 aromatic carbocycles. The van der Waals surface area contributed by atoms with Gasteiger partial charge in [0.25, 0.3) is 15.9 Å². The van der Waals surface area contributed by atoms with E-state index >= 15 is 0 Å². The number of nitrogens with two attached hydrogens (primary N) is 1. The summed E-state index contributed by atoms with van der Waals surface area (Å²) in [6.07, 6.45) is 0.679. The molecule has 0 aliphatic carbocycles. The van der Waals surface area contributed by atoms with Crippen molar-refractivity contribution in [1.82, 2.24) is 5.32 Å². The minimum absolute atomic E-state index is 0. The van der Waals surface area contributed by atoms with Gasteiger partial charge >= 0.3 is 0 Å². The minimum Gasteiger partial charge on any atom is -0.352 e. The first-order chi connectivity index (χ1) is 11.8. The van der Waals surface area contributed by atoms with E-state index in [2.05, 4.69) is 10.0 Å². The van der Waals surface area contributed by atoms with Crippen LogP contribution in [-0.2, 0) is 10.0 Å². The first-order valence-corrected chi connectivity index (χ1v) is 9.50. The van der Waals surface area contributed by atoms with E-state index in [0.717, 1.165) is 5.56 Å². The fourth-order valence-electron chi connectivity index (χ4n) is 2.19. The molecule has 0 spiro atoms. The molecular formula is C18H24ClN3O3S. The molecule has 4 N–H and O–H groups in total. The fraction of sp³-hybridized carbons (Fsp3) is 0.278. The highest BCUT2D eigenvalue weighted by Gasteiger charge is 2.16. The largest absolute Gasteiger partial charge is 0.352 e. The monoisotopic (exact) mass is 397 g/mol. The van der Waals surface area contributed by atoms with Crippen LogP contribution in [0.15, 0.2) is 53.4 Å². The second kappa shape index (κ2) is 9.56. The minimum atomic E-state index is -3.70. The number of benzene rings is 2. The van der Waals surface area contributed by atoms with Crippen LogP contribution in [0.25, 0.3) is 0 Å². The second-order valence-electron chi connectivity index (χ2n) is 5.97. The zero-order valence-corrected chi connectivity index (χ0v) is 16.4. The highest BCUT2D eigenvalue weighted by atomic mass is 35.5. The predicted octanol–water partition coefficient (Wildman–Crippen LogP) is 2.68. The number of hydrogen-bond donors (Lipinski definition) is 3. The molecule has 0 saturated carbocycles. The average Bonchev–Trinajstić information content (AvgIpc) is 2.56. The van der Waals surface area contributed by atoms with Gasteiger partial charge in [-0.25, -0.2) is 8.42 Å². The van der Waals surface area contributed by atoms with Gasteiger partial charge in [-0.15, -0.1) is 12.4 Å². The summed E-state index contributed by atoms with van der Waals surface area (Å²) in [6, 6.07) is 13.0. The molecule has 0 aliphatic heterocycles. The molecule has 0 aromatic heterocycles. The third-order valence-electron chi connectivity index (χ3n) is 3.70. The highest BCUT2D eigenvalue weighted by molar-refractivity contribution is 7.92. The Kier molecular flexibility index (Phi) is 8.08. The average molecular weight is 398 g/mol. The van der Waals surface area contributed by atoms with Crippen molar-refractivity contribution in [3.63, 3.8) is 0 Å². The number of anilines is 1. The molecule has 6 nitrogen and oxygen atoms in total. The van der Waals surface area contributed by atoms with E-state index in [1.807, 2.05) is 26.0 Å². The van der Waals surface area contributed by atoms with E-state index < -0.39 is 10.0 Å². The fourth-order valence-corrected chi connectivity index (χ4v) is 3.32. The van der Waals surface area contributed by atoms with Crippen LogP contribution < -0.4 is 15.8 Å². The van der Waals surface area contributed by atoms with Gasteiger partial charge in [-0.05, 0) is 56.2 Å². The van der Waals surface area contributed by atoms with Crippen LogP contribution in [0.1, 0.15) is 29.3 Å². The molecule has 1 amide bonds. The van der Waals surface area contributed by atoms with Gasteiger partial charge in [-0.1, -0.05) is 18.2 Å². The number of nitrogens with one attached hydrogen (secondary N) is 2. The van der Waals surface area contributed by atoms with Crippen LogP contribution in [0.3, 0.4) is 0 Å². The molecule has 2 aromatic rings. The molecular weight excluding hydrogens is 374 g/mol. The van der Waals surface area contributed by atoms with Crippen molar-refractivity contribution in [2.24, 2.45) is 5.73 Å². The third kappa shape index (κ3) is 6.01. The van der Waals surface area contributed by atoms with E-state index in [0.29, 0.717) is 24.2 Å². The predicted molar refractivity (Wildman–Crippen MR) is 106 cm³/mol. The van der Waals surface area contributed by atoms with Gasteiger partial charge in [-0.3, -0.25) is 9.52 Å². The Morgan fingerprint density at radius 1 is 1.12 bits per heavy atom. The lowest BCUT2D eigenvalue weighted by Gasteiger charge is -2.11. The molecule has 0 aliphatic rings. The van der Waals surface area contributed by atoms with Crippen molar-refractivity contribution in [3.05, 3.63) is 59.7 Å². The number of aryl methyl sites for hydroxylation is 1. The topological polar surface area (TPSA) is 101 Å². The van der Waals surface area contributed by atoms with Crippen molar-refractivity contribution >= 4 is 34.0 Å². The van der Waals surface area contributed by atoms with Crippen LogP contribution in [0.5, 0.6) is 0 Å². The number of carbonyl (C=O) groups is 1. The standard InChI is InChI=1S/C18H23N3O3S.ClH/c1-13-5-3-4-6-17(13)21-25(23,24)16-9-7-15(8-10-16)18(22)20-12-11-14(2)19;/h3-10,14,21H,11-12,19H2,1-2H3,(H,20,22);1H. The molecule has 142 valence electrons. The Hall–Kier alpha value is -2.09. The summed E-state index contributed by atoms with van der Waals surface area (Å²) >= 11 is 0. The number of carbonyl (C=O) groups excluding carboxylic acids is 1. The number of hydrogen-bond acceptors (Lipinski definition) is 4. The van der Waals surface area contributed by atoms with E-state index in [1.54, 1.807) is 12.1 Å². The first kappa shape index (κ1) is 22.0. The van der Waals surface area contributed by atoms with Gasteiger partial charge in [0.2, 0.25) is 0 Å². The van der Waals surface area contributed by atoms with Crippen LogP contribution in [0.2, 0.25) is 0 Å². The van der Waals surface area contributed by atoms with E-state index in [-0.39, 0.29) is 29.3 Å². The maximum atomic E-state index is 12.5. The molecule has 8 heteroatoms. The molecule has 2 rings (SSSR count). The summed E-state index contributed by atoms with van der Waals surface area (Å²) in [5.41, 5.74) is 7.39. The Bertz CT molecular complexity index is 837. The lowest BCUT2D eigenvalue weighted by Crippen LogP contribution is -2.28. The summed E-state index contributed by atoms with van der Waals surface area (Å²) in [5.74, 6) is -0.253. The summed E-state index contributed by atoms with van der Waals surface area (Å²) in [7, 11) is -3.70. The first-order valence-electron chi connectivity index (χ1n) is 8.02. The van der Waals surface area contributed by atoms with Crippen molar-refractivity contribution in [2.45, 2.75) is 31.2 Å². The van der Waals surface area contributed by atoms with Crippen molar-refractivity contribution < 1.29 is 13.2 Å². The Morgan fingerprint density at radius 3 is 2.31 bits per heavy atom. The lowest BCUT2D eigenvalue weighted by molar-refractivity contribution is 0.0952. The maximum Gasteiger partial charge on any atom is 0.261 e. The number of sulfonamides is 1. The number of rotatable bonds is 7. The Labute approximate surface area is 160 Å². The normalized spacial score (nSPS) is 12.0. The van der Waals surface area contributed by atoms with Crippen LogP contribution in [-0.4, -0.2) is 26.9 Å². The summed E-state index contributed by atoms with van der Waals surface area (Å²) < 4.78 is 27.5. The van der Waals surface area contributed by atoms with Gasteiger partial charge < -0.3 is 11.1 Å². The molecule has 0 fully saturated rings. The number of para-hydroxylation sites is 1. The molecule has 26 heavy (non-hydrogen) atoms. The van der Waals surface area contributed by atoms with Crippen LogP contribution in [0, 0.1) is 6.92 Å². The summed E-state index contributed by atoms with van der Waals surface area (Å²) in [4.78, 5) is 12.1. The quantitative estimate of drug-likeness (QED) is 0.668. The SMILES string of the molecule is Cc1ccccc1NS(=O)(=O)c1ccc(C(=O)NCCC(C)N)cc1.Cl. The highest BCUT2D eigenvalue weighted by Crippen LogP contribution is 2.19. The van der Waals surface area contributed by atoms with Crippen molar-refractivity contribution in [2.75, 3.05) is 11.3 Å². The molecule has 0 heterocycles. The van der Waals surface area contributed by atoms with Crippen molar-refractivity contribution in [3.8, 4) is 0 Å². The van der Waals surface area contributed by atoms with Gasteiger partial charge in [0, 0.05) is 18.2 Å². The summed E-state index contributed by atoms with van der Waals surface area (Å²) in [5, 5.41) is 2.75. The van der Waals surface area contributed by atoms with Gasteiger partial charge in [0.15, 0.2) is 0 Å². The van der Waals surface area contributed by atoms with E-state index in [9.17, 15) is 13.2 Å². The maximum absolute atomic E-state index is 12.5. The molecule has 0 saturated heterocycles. The Balaban J connectivity index is 0.00000338. The van der Waals surface area contributed by atoms with E-state index in [1.165, 1.54) is 24.3 Å². The molecule has 0 bridgehead atoms. The van der Waals surface area contributed by atoms with Gasteiger partial charge in [0.05, 0.1) is 10.6 Å². The zero-order valence-electron chi connectivity index (χ0n) is 14.7. The van der Waals surface area contributed by atoms with Crippen LogP contribution >= 0.6 is 12.4 Å². The van der Waals surface area contributed by atoms with Gasteiger partial charge in [0.1, 0.15) is 0 Å². The molecule has 1 atom stereocenters. The zero-order chi connectivity index (χ0) is 18.4. The van der Waals surface area contributed by atoms with Crippen molar-refractivity contribution in [1.29, 1.82) is 0 Å². The smallest absolute Gasteiger partial charge is 0.261 e. The second-order valence-corrected chi connectivity index (χ2v) is 7.65. The molecule has 0 radical (unpaired) electrons. The van der Waals surface area contributed by atoms with E-state index in [4.69, 9.17) is 5.73 Å². The number of amides is 1. The molecule has 1 unspecified atom stereocenters. The number of halogens is 1. The van der Waals surface area contributed by atoms with Gasteiger partial charge in [-0.2, -0.15) is 0 Å². The Morgan fingerprint density at radius 2 is 1.73 bits per heavy atom. The lowest BCUT2D eigenvalue weighted by atomic mass is 10.2. The third-order valence-corrected chi connectivity index (χ3v) is 5.08. The summed E-state index contributed by atoms with van der Waals surface area (Å²) in [6.45, 7) is 4.17.